The van der Waals surface area contributed by atoms with E-state index in [-0.39, 0.29) is 16.9 Å². The number of benzene rings is 1. The van der Waals surface area contributed by atoms with Gasteiger partial charge >= 0.3 is 5.97 Å². The predicted molar refractivity (Wildman–Crippen MR) is 92.7 cm³/mol. The number of aryl methyl sites for hydroxylation is 2. The zero-order valence-electron chi connectivity index (χ0n) is 14.9. The molecule has 0 saturated heterocycles. The van der Waals surface area contributed by atoms with Crippen molar-refractivity contribution in [3.63, 3.8) is 0 Å². The molecule has 0 unspecified atom stereocenters. The van der Waals surface area contributed by atoms with E-state index in [1.54, 1.807) is 19.1 Å². The molecule has 2 aromatic rings. The number of nitrogens with one attached hydrogen (secondary N) is 1. The highest BCUT2D eigenvalue weighted by molar-refractivity contribution is 5.93. The van der Waals surface area contributed by atoms with Crippen molar-refractivity contribution in [1.82, 2.24) is 10.1 Å². The number of anilines is 1. The summed E-state index contributed by atoms with van der Waals surface area (Å²) in [6.45, 7) is 7.72. The van der Waals surface area contributed by atoms with E-state index in [2.05, 4.69) is 15.5 Å². The largest absolute Gasteiger partial charge is 0.478 e. The maximum atomic E-state index is 12.0. The quantitative estimate of drug-likeness (QED) is 0.832. The van der Waals surface area contributed by atoms with Crippen LogP contribution in [-0.4, -0.2) is 27.1 Å². The maximum Gasteiger partial charge on any atom is 0.335 e. The topological polar surface area (TPSA) is 105 Å². The van der Waals surface area contributed by atoms with E-state index in [1.165, 1.54) is 6.07 Å². The van der Waals surface area contributed by atoms with Crippen LogP contribution in [0.1, 0.15) is 61.2 Å². The van der Waals surface area contributed by atoms with Gasteiger partial charge in [-0.25, -0.2) is 4.79 Å². The van der Waals surface area contributed by atoms with Gasteiger partial charge in [0.05, 0.1) is 5.56 Å². The van der Waals surface area contributed by atoms with Crippen molar-refractivity contribution in [3.8, 4) is 0 Å². The lowest BCUT2D eigenvalue weighted by atomic mass is 9.96. The first-order valence-corrected chi connectivity index (χ1v) is 8.13. The summed E-state index contributed by atoms with van der Waals surface area (Å²) in [6.07, 6.45) is 1.43. The molecule has 0 fully saturated rings. The van der Waals surface area contributed by atoms with E-state index < -0.39 is 5.97 Å². The van der Waals surface area contributed by atoms with Crippen LogP contribution >= 0.6 is 0 Å². The molecule has 0 aliphatic rings. The van der Waals surface area contributed by atoms with Gasteiger partial charge in [-0.05, 0) is 37.1 Å². The number of carboxylic acid groups (broad SMARTS) is 1. The molecule has 0 spiro atoms. The van der Waals surface area contributed by atoms with Gasteiger partial charge in [0.2, 0.25) is 11.8 Å². The second kappa shape index (κ2) is 7.46. The smallest absolute Gasteiger partial charge is 0.335 e. The minimum absolute atomic E-state index is 0.141. The first-order valence-electron chi connectivity index (χ1n) is 8.13. The lowest BCUT2D eigenvalue weighted by molar-refractivity contribution is -0.116. The lowest BCUT2D eigenvalue weighted by Gasteiger charge is -2.10. The monoisotopic (exact) mass is 345 g/mol. The Balaban J connectivity index is 1.84. The number of carboxylic acids is 1. The van der Waals surface area contributed by atoms with Crippen LogP contribution in [-0.2, 0) is 16.6 Å². The zero-order valence-corrected chi connectivity index (χ0v) is 14.9. The normalized spacial score (nSPS) is 11.4. The van der Waals surface area contributed by atoms with Gasteiger partial charge in [-0.1, -0.05) is 25.9 Å². The summed E-state index contributed by atoms with van der Waals surface area (Å²) in [7, 11) is 0. The molecule has 2 N–H and O–H groups in total. The fourth-order valence-corrected chi connectivity index (χ4v) is 2.27. The molecule has 7 heteroatoms. The van der Waals surface area contributed by atoms with E-state index in [9.17, 15) is 9.59 Å². The number of carbonyl (C=O) groups excluding carboxylic acids is 1. The maximum absolute atomic E-state index is 12.0. The second-order valence-electron chi connectivity index (χ2n) is 7.00. The molecule has 1 aromatic carbocycles. The number of hydrogen-bond donors (Lipinski definition) is 2. The number of amides is 1. The second-order valence-corrected chi connectivity index (χ2v) is 7.00. The number of aromatic nitrogens is 2. The van der Waals surface area contributed by atoms with Gasteiger partial charge in [0.1, 0.15) is 0 Å². The number of hydrogen-bond acceptors (Lipinski definition) is 5. The highest BCUT2D eigenvalue weighted by Gasteiger charge is 2.20. The SMILES string of the molecule is Cc1cc(NC(=O)CCCc2nc(C(C)(C)C)no2)ccc1C(=O)O. The van der Waals surface area contributed by atoms with Crippen LogP contribution in [0.25, 0.3) is 0 Å². The summed E-state index contributed by atoms with van der Waals surface area (Å²) in [4.78, 5) is 27.3. The molecule has 1 heterocycles. The van der Waals surface area contributed by atoms with Crippen molar-refractivity contribution in [1.29, 1.82) is 0 Å². The molecule has 0 saturated carbocycles. The number of carbonyl (C=O) groups is 2. The first-order chi connectivity index (χ1) is 11.7. The van der Waals surface area contributed by atoms with Crippen LogP contribution in [0.15, 0.2) is 22.7 Å². The number of rotatable bonds is 6. The third kappa shape index (κ3) is 5.14. The third-order valence-corrected chi connectivity index (χ3v) is 3.67. The van der Waals surface area contributed by atoms with Gasteiger partial charge in [0, 0.05) is 23.9 Å². The van der Waals surface area contributed by atoms with E-state index in [1.807, 2.05) is 20.8 Å². The Kier molecular flexibility index (Phi) is 5.56. The van der Waals surface area contributed by atoms with Crippen molar-refractivity contribution in [2.24, 2.45) is 0 Å². The summed E-state index contributed by atoms with van der Waals surface area (Å²) in [5.74, 6) is 0.0583. The van der Waals surface area contributed by atoms with Crippen LogP contribution in [0.2, 0.25) is 0 Å². The van der Waals surface area contributed by atoms with Crippen LogP contribution in [0, 0.1) is 6.92 Å². The molecule has 7 nitrogen and oxygen atoms in total. The Morgan fingerprint density at radius 1 is 1.28 bits per heavy atom. The molecule has 0 bridgehead atoms. The number of nitrogens with zero attached hydrogens (tertiary/aromatic N) is 2. The highest BCUT2D eigenvalue weighted by Crippen LogP contribution is 2.19. The molecule has 1 amide bonds. The summed E-state index contributed by atoms with van der Waals surface area (Å²) >= 11 is 0. The highest BCUT2D eigenvalue weighted by atomic mass is 16.5. The van der Waals surface area contributed by atoms with Crippen molar-refractivity contribution in [2.45, 2.75) is 52.4 Å². The van der Waals surface area contributed by atoms with Gasteiger partial charge in [0.25, 0.3) is 0 Å². The molecular formula is C18H23N3O4. The fraction of sp³-hybridized carbons (Fsp3) is 0.444. The molecule has 0 atom stereocenters. The van der Waals surface area contributed by atoms with Gasteiger partial charge in [0.15, 0.2) is 5.82 Å². The average Bonchev–Trinajstić information content (AvgIpc) is 2.96. The molecule has 134 valence electrons. The van der Waals surface area contributed by atoms with Gasteiger partial charge in [-0.15, -0.1) is 0 Å². The Labute approximate surface area is 146 Å². The van der Waals surface area contributed by atoms with E-state index in [0.29, 0.717) is 42.2 Å². The third-order valence-electron chi connectivity index (χ3n) is 3.67. The van der Waals surface area contributed by atoms with Crippen molar-refractivity contribution in [2.75, 3.05) is 5.32 Å². The van der Waals surface area contributed by atoms with Gasteiger partial charge < -0.3 is 14.9 Å². The van der Waals surface area contributed by atoms with E-state index in [4.69, 9.17) is 9.63 Å². The zero-order chi connectivity index (χ0) is 18.6. The summed E-state index contributed by atoms with van der Waals surface area (Å²) in [5, 5.41) is 15.7. The van der Waals surface area contributed by atoms with Crippen molar-refractivity contribution >= 4 is 17.6 Å². The minimum Gasteiger partial charge on any atom is -0.478 e. The van der Waals surface area contributed by atoms with Crippen LogP contribution in [0.5, 0.6) is 0 Å². The summed E-state index contributed by atoms with van der Waals surface area (Å²) in [6, 6.07) is 4.72. The standard InChI is InChI=1S/C18H23N3O4/c1-11-10-12(8-9-13(11)16(23)24)19-14(22)6-5-7-15-20-17(21-25-15)18(2,3)4/h8-10H,5-7H2,1-4H3,(H,19,22)(H,23,24). The molecule has 1 aromatic heterocycles. The first kappa shape index (κ1) is 18.6. The van der Waals surface area contributed by atoms with Crippen molar-refractivity contribution < 1.29 is 19.2 Å². The summed E-state index contributed by atoms with van der Waals surface area (Å²) < 4.78 is 5.19. The molecule has 0 aliphatic carbocycles. The lowest BCUT2D eigenvalue weighted by Crippen LogP contribution is -2.13. The predicted octanol–water partition coefficient (Wildman–Crippen LogP) is 3.34. The summed E-state index contributed by atoms with van der Waals surface area (Å²) in [5.41, 5.74) is 1.24. The number of aromatic carboxylic acids is 1. The average molecular weight is 345 g/mol. The van der Waals surface area contributed by atoms with E-state index in [0.717, 1.165) is 0 Å². The molecule has 25 heavy (non-hydrogen) atoms. The Bertz CT molecular complexity index is 775. The van der Waals surface area contributed by atoms with Crippen LogP contribution in [0.3, 0.4) is 0 Å². The molecule has 0 radical (unpaired) electrons. The van der Waals surface area contributed by atoms with E-state index >= 15 is 0 Å². The van der Waals surface area contributed by atoms with Crippen molar-refractivity contribution in [3.05, 3.63) is 41.0 Å². The Morgan fingerprint density at radius 3 is 2.56 bits per heavy atom. The minimum atomic E-state index is -0.982. The van der Waals surface area contributed by atoms with Crippen LogP contribution < -0.4 is 5.32 Å². The van der Waals surface area contributed by atoms with Gasteiger partial charge in [-0.3, -0.25) is 4.79 Å². The fourth-order valence-electron chi connectivity index (χ4n) is 2.27. The molecule has 0 aliphatic heterocycles. The Morgan fingerprint density at radius 2 is 2.00 bits per heavy atom. The molecular weight excluding hydrogens is 322 g/mol. The Hall–Kier alpha value is -2.70. The van der Waals surface area contributed by atoms with Crippen LogP contribution in [0.4, 0.5) is 5.69 Å². The molecule has 2 rings (SSSR count). The van der Waals surface area contributed by atoms with Gasteiger partial charge in [-0.2, -0.15) is 4.98 Å².